The molecular formula is C19H33N3O2. The molecule has 0 spiro atoms. The summed E-state index contributed by atoms with van der Waals surface area (Å²) in [5.41, 5.74) is 1.33. The predicted molar refractivity (Wildman–Crippen MR) is 101 cm³/mol. The molecule has 0 heterocycles. The highest BCUT2D eigenvalue weighted by atomic mass is 16.5. The van der Waals surface area contributed by atoms with Crippen molar-refractivity contribution in [3.63, 3.8) is 0 Å². The van der Waals surface area contributed by atoms with Crippen LogP contribution in [-0.4, -0.2) is 52.0 Å². The zero-order valence-corrected chi connectivity index (χ0v) is 15.4. The summed E-state index contributed by atoms with van der Waals surface area (Å²) in [6.07, 6.45) is 3.04. The van der Waals surface area contributed by atoms with Crippen LogP contribution in [0.4, 0.5) is 0 Å². The molecular weight excluding hydrogens is 302 g/mol. The molecule has 0 bridgehead atoms. The molecule has 0 aromatic heterocycles. The van der Waals surface area contributed by atoms with Gasteiger partial charge >= 0.3 is 0 Å². The van der Waals surface area contributed by atoms with Crippen molar-refractivity contribution >= 4 is 5.96 Å². The summed E-state index contributed by atoms with van der Waals surface area (Å²) in [5, 5.41) is 6.58. The monoisotopic (exact) mass is 335 g/mol. The first-order valence-electron chi connectivity index (χ1n) is 8.91. The van der Waals surface area contributed by atoms with Gasteiger partial charge in [-0.15, -0.1) is 0 Å². The van der Waals surface area contributed by atoms with Crippen LogP contribution in [0, 0.1) is 0 Å². The van der Waals surface area contributed by atoms with E-state index in [2.05, 4.69) is 53.7 Å². The van der Waals surface area contributed by atoms with Crippen LogP contribution in [0.3, 0.4) is 0 Å². The van der Waals surface area contributed by atoms with Gasteiger partial charge in [0.15, 0.2) is 5.96 Å². The van der Waals surface area contributed by atoms with Crippen LogP contribution in [-0.2, 0) is 15.9 Å². The molecule has 0 saturated carbocycles. The summed E-state index contributed by atoms with van der Waals surface area (Å²) in [4.78, 5) is 4.58. The number of benzene rings is 1. The average Bonchev–Trinajstić information content (AvgIpc) is 2.58. The molecule has 0 fully saturated rings. The van der Waals surface area contributed by atoms with Crippen molar-refractivity contribution < 1.29 is 9.47 Å². The minimum Gasteiger partial charge on any atom is -0.383 e. The maximum absolute atomic E-state index is 5.69. The van der Waals surface area contributed by atoms with E-state index in [4.69, 9.17) is 9.47 Å². The van der Waals surface area contributed by atoms with Crippen molar-refractivity contribution in [1.82, 2.24) is 10.6 Å². The van der Waals surface area contributed by atoms with Crippen molar-refractivity contribution in [1.29, 1.82) is 0 Å². The Kier molecular flexibility index (Phi) is 11.8. The zero-order valence-electron chi connectivity index (χ0n) is 15.4. The summed E-state index contributed by atoms with van der Waals surface area (Å²) in [6, 6.07) is 10.7. The van der Waals surface area contributed by atoms with E-state index in [0.29, 0.717) is 6.61 Å². The van der Waals surface area contributed by atoms with Gasteiger partial charge < -0.3 is 20.1 Å². The summed E-state index contributed by atoms with van der Waals surface area (Å²) >= 11 is 0. The van der Waals surface area contributed by atoms with Gasteiger partial charge in [0, 0.05) is 32.8 Å². The number of aliphatic imine (C=N–C) groups is 1. The molecule has 0 radical (unpaired) electrons. The standard InChI is InChI=1S/C19H33N3O2/c1-4-20-19(22-17(2)16-23-3)21-13-8-9-14-24-15-12-18-10-6-5-7-11-18/h5-7,10-11,17H,4,8-9,12-16H2,1-3H3,(H2,20,21,22). The fraction of sp³-hybridized carbons (Fsp3) is 0.632. The quantitative estimate of drug-likeness (QED) is 0.350. The number of unbranched alkanes of at least 4 members (excludes halogenated alkanes) is 1. The highest BCUT2D eigenvalue weighted by Crippen LogP contribution is 2.00. The van der Waals surface area contributed by atoms with Gasteiger partial charge in [-0.2, -0.15) is 0 Å². The molecule has 1 atom stereocenters. The number of ether oxygens (including phenoxy) is 2. The number of nitrogens with zero attached hydrogens (tertiary/aromatic N) is 1. The van der Waals surface area contributed by atoms with Crippen LogP contribution in [0.5, 0.6) is 0 Å². The molecule has 136 valence electrons. The Labute approximate surface area is 146 Å². The van der Waals surface area contributed by atoms with E-state index in [9.17, 15) is 0 Å². The van der Waals surface area contributed by atoms with Crippen LogP contribution in [0.15, 0.2) is 35.3 Å². The van der Waals surface area contributed by atoms with Crippen molar-refractivity contribution in [2.75, 3.05) is 40.0 Å². The van der Waals surface area contributed by atoms with Crippen LogP contribution in [0.1, 0.15) is 32.3 Å². The van der Waals surface area contributed by atoms with Crippen molar-refractivity contribution in [3.8, 4) is 0 Å². The lowest BCUT2D eigenvalue weighted by atomic mass is 10.2. The lowest BCUT2D eigenvalue weighted by Gasteiger charge is -2.16. The molecule has 1 unspecified atom stereocenters. The third kappa shape index (κ3) is 10.2. The summed E-state index contributed by atoms with van der Waals surface area (Å²) < 4.78 is 10.8. The van der Waals surface area contributed by atoms with E-state index >= 15 is 0 Å². The minimum absolute atomic E-state index is 0.245. The largest absolute Gasteiger partial charge is 0.383 e. The Hall–Kier alpha value is -1.59. The lowest BCUT2D eigenvalue weighted by Crippen LogP contribution is -2.44. The van der Waals surface area contributed by atoms with Gasteiger partial charge in [0.25, 0.3) is 0 Å². The number of nitrogens with one attached hydrogen (secondary N) is 2. The van der Waals surface area contributed by atoms with Crippen molar-refractivity contribution in [3.05, 3.63) is 35.9 Å². The van der Waals surface area contributed by atoms with E-state index in [1.54, 1.807) is 7.11 Å². The van der Waals surface area contributed by atoms with E-state index in [0.717, 1.165) is 51.5 Å². The molecule has 0 aliphatic carbocycles. The molecule has 0 amide bonds. The predicted octanol–water partition coefficient (Wildman–Crippen LogP) is 2.62. The Bertz CT molecular complexity index is 437. The van der Waals surface area contributed by atoms with Gasteiger partial charge in [-0.05, 0) is 38.7 Å². The number of methoxy groups -OCH3 is 1. The SMILES string of the molecule is CCNC(=NCCCCOCCc1ccccc1)NC(C)COC. The maximum atomic E-state index is 5.69. The fourth-order valence-electron chi connectivity index (χ4n) is 2.29. The van der Waals surface area contributed by atoms with E-state index in [-0.39, 0.29) is 6.04 Å². The molecule has 5 heteroatoms. The zero-order chi connectivity index (χ0) is 17.5. The molecule has 0 aliphatic heterocycles. The molecule has 5 nitrogen and oxygen atoms in total. The van der Waals surface area contributed by atoms with Gasteiger partial charge in [0.05, 0.1) is 13.2 Å². The maximum Gasteiger partial charge on any atom is 0.191 e. The number of guanidine groups is 1. The van der Waals surface area contributed by atoms with Crippen molar-refractivity contribution in [2.45, 2.75) is 39.2 Å². The van der Waals surface area contributed by atoms with Gasteiger partial charge in [-0.1, -0.05) is 30.3 Å². The molecule has 1 aromatic rings. The van der Waals surface area contributed by atoms with E-state index < -0.39 is 0 Å². The fourth-order valence-corrected chi connectivity index (χ4v) is 2.29. The summed E-state index contributed by atoms with van der Waals surface area (Å²) in [7, 11) is 1.71. The molecule has 24 heavy (non-hydrogen) atoms. The second-order valence-corrected chi connectivity index (χ2v) is 5.82. The Morgan fingerprint density at radius 1 is 1.17 bits per heavy atom. The Morgan fingerprint density at radius 2 is 1.96 bits per heavy atom. The van der Waals surface area contributed by atoms with E-state index in [1.807, 2.05) is 6.07 Å². The molecule has 0 aliphatic rings. The molecule has 0 saturated heterocycles. The third-order valence-corrected chi connectivity index (χ3v) is 3.49. The number of rotatable bonds is 12. The number of hydrogen-bond acceptors (Lipinski definition) is 3. The first-order valence-corrected chi connectivity index (χ1v) is 8.91. The lowest BCUT2D eigenvalue weighted by molar-refractivity contribution is 0.134. The smallest absolute Gasteiger partial charge is 0.191 e. The van der Waals surface area contributed by atoms with Crippen molar-refractivity contribution in [2.24, 2.45) is 4.99 Å². The minimum atomic E-state index is 0.245. The second-order valence-electron chi connectivity index (χ2n) is 5.82. The van der Waals surface area contributed by atoms with Crippen LogP contribution in [0.2, 0.25) is 0 Å². The van der Waals surface area contributed by atoms with Gasteiger partial charge in [0.2, 0.25) is 0 Å². The van der Waals surface area contributed by atoms with Gasteiger partial charge in [0.1, 0.15) is 0 Å². The van der Waals surface area contributed by atoms with E-state index in [1.165, 1.54) is 5.56 Å². The number of hydrogen-bond donors (Lipinski definition) is 2. The third-order valence-electron chi connectivity index (χ3n) is 3.49. The van der Waals surface area contributed by atoms with Gasteiger partial charge in [-0.3, -0.25) is 4.99 Å². The highest BCUT2D eigenvalue weighted by molar-refractivity contribution is 5.80. The topological polar surface area (TPSA) is 54.9 Å². The van der Waals surface area contributed by atoms with Crippen LogP contribution >= 0.6 is 0 Å². The Morgan fingerprint density at radius 3 is 2.67 bits per heavy atom. The van der Waals surface area contributed by atoms with Gasteiger partial charge in [-0.25, -0.2) is 0 Å². The second kappa shape index (κ2) is 13.8. The van der Waals surface area contributed by atoms with Crippen LogP contribution in [0.25, 0.3) is 0 Å². The average molecular weight is 335 g/mol. The van der Waals surface area contributed by atoms with Crippen LogP contribution < -0.4 is 10.6 Å². The highest BCUT2D eigenvalue weighted by Gasteiger charge is 2.03. The summed E-state index contributed by atoms with van der Waals surface area (Å²) in [5.74, 6) is 0.854. The molecule has 1 rings (SSSR count). The molecule has 1 aromatic carbocycles. The first-order chi connectivity index (χ1) is 11.8. The summed E-state index contributed by atoms with van der Waals surface area (Å²) in [6.45, 7) is 8.05. The first kappa shape index (κ1) is 20.5. The normalized spacial score (nSPS) is 12.9. The molecule has 2 N–H and O–H groups in total. The Balaban J connectivity index is 2.09.